The van der Waals surface area contributed by atoms with E-state index < -0.39 is 0 Å². The average Bonchev–Trinajstić information content (AvgIpc) is 2.31. The maximum absolute atomic E-state index is 13.7. The second kappa shape index (κ2) is 6.81. The van der Waals surface area contributed by atoms with E-state index >= 15 is 0 Å². The topological polar surface area (TPSA) is 21.3 Å². The average molecular weight is 257 g/mol. The Morgan fingerprint density at radius 3 is 2.50 bits per heavy atom. The van der Waals surface area contributed by atoms with E-state index in [1.165, 1.54) is 12.1 Å². The number of hydrogen-bond donors (Lipinski definition) is 1. The largest absolute Gasteiger partial charge is 0.377 e. The lowest BCUT2D eigenvalue weighted by molar-refractivity contribution is 0.0742. The summed E-state index contributed by atoms with van der Waals surface area (Å²) in [7, 11) is 0. The van der Waals surface area contributed by atoms with Crippen LogP contribution in [0.15, 0.2) is 12.1 Å². The molecular formula is C14H21F2NO. The summed E-state index contributed by atoms with van der Waals surface area (Å²) in [5.41, 5.74) is 0.674. The smallest absolute Gasteiger partial charge is 0.128 e. The van der Waals surface area contributed by atoms with Gasteiger partial charge in [0.05, 0.1) is 6.10 Å². The van der Waals surface area contributed by atoms with Gasteiger partial charge in [0.15, 0.2) is 0 Å². The number of nitrogens with one attached hydrogen (secondary N) is 1. The highest BCUT2D eigenvalue weighted by atomic mass is 19.1. The van der Waals surface area contributed by atoms with E-state index in [1.807, 2.05) is 20.8 Å². The molecule has 0 radical (unpaired) electrons. The van der Waals surface area contributed by atoms with E-state index in [0.29, 0.717) is 24.3 Å². The van der Waals surface area contributed by atoms with Crippen molar-refractivity contribution in [2.24, 2.45) is 0 Å². The summed E-state index contributed by atoms with van der Waals surface area (Å²) in [6.07, 6.45) is 0.0517. The molecule has 1 N–H and O–H groups in total. The number of hydrogen-bond acceptors (Lipinski definition) is 2. The van der Waals surface area contributed by atoms with Crippen LogP contribution >= 0.6 is 0 Å². The number of rotatable bonds is 6. The molecule has 0 aliphatic heterocycles. The van der Waals surface area contributed by atoms with Crippen molar-refractivity contribution < 1.29 is 13.5 Å². The van der Waals surface area contributed by atoms with Gasteiger partial charge >= 0.3 is 0 Å². The molecule has 2 nitrogen and oxygen atoms in total. The zero-order valence-electron chi connectivity index (χ0n) is 11.4. The fourth-order valence-electron chi connectivity index (χ4n) is 1.79. The van der Waals surface area contributed by atoms with Crippen molar-refractivity contribution in [2.75, 3.05) is 13.2 Å². The highest BCUT2D eigenvalue weighted by Gasteiger charge is 2.14. The molecule has 0 heterocycles. The highest BCUT2D eigenvalue weighted by Crippen LogP contribution is 2.20. The Hall–Kier alpha value is -1.00. The lowest BCUT2D eigenvalue weighted by atomic mass is 10.0. The normalized spacial score (nSPS) is 14.6. The van der Waals surface area contributed by atoms with Crippen LogP contribution < -0.4 is 5.32 Å². The SMILES string of the molecule is CCOC(C)CNC(C)c1cc(F)c(C)cc1F. The predicted octanol–water partition coefficient (Wildman–Crippen LogP) is 3.35. The van der Waals surface area contributed by atoms with Crippen molar-refractivity contribution in [3.05, 3.63) is 34.9 Å². The lowest BCUT2D eigenvalue weighted by Gasteiger charge is -2.19. The first-order valence-corrected chi connectivity index (χ1v) is 6.26. The summed E-state index contributed by atoms with van der Waals surface area (Å²) in [4.78, 5) is 0. The van der Waals surface area contributed by atoms with Gasteiger partial charge in [-0.15, -0.1) is 0 Å². The predicted molar refractivity (Wildman–Crippen MR) is 68.6 cm³/mol. The molecule has 102 valence electrons. The molecule has 0 saturated heterocycles. The molecule has 0 fully saturated rings. The summed E-state index contributed by atoms with van der Waals surface area (Å²) < 4.78 is 32.5. The summed E-state index contributed by atoms with van der Waals surface area (Å²) in [6, 6.07) is 2.24. The van der Waals surface area contributed by atoms with Crippen molar-refractivity contribution in [3.8, 4) is 0 Å². The van der Waals surface area contributed by atoms with Gasteiger partial charge in [-0.1, -0.05) is 0 Å². The second-order valence-corrected chi connectivity index (χ2v) is 4.52. The third-order valence-corrected chi connectivity index (χ3v) is 2.91. The number of benzene rings is 1. The maximum Gasteiger partial charge on any atom is 0.128 e. The Morgan fingerprint density at radius 2 is 1.89 bits per heavy atom. The van der Waals surface area contributed by atoms with Gasteiger partial charge in [-0.2, -0.15) is 0 Å². The highest BCUT2D eigenvalue weighted by molar-refractivity contribution is 5.27. The third kappa shape index (κ3) is 4.03. The van der Waals surface area contributed by atoms with Gasteiger partial charge in [0.1, 0.15) is 11.6 Å². The minimum Gasteiger partial charge on any atom is -0.377 e. The Balaban J connectivity index is 2.66. The molecule has 0 aliphatic rings. The molecule has 0 aromatic heterocycles. The molecule has 0 aliphatic carbocycles. The van der Waals surface area contributed by atoms with Gasteiger partial charge in [-0.25, -0.2) is 8.78 Å². The Bertz CT molecular complexity index is 396. The van der Waals surface area contributed by atoms with Gasteiger partial charge in [-0.3, -0.25) is 0 Å². The number of aryl methyl sites for hydroxylation is 1. The summed E-state index contributed by atoms with van der Waals surface area (Å²) in [6.45, 7) is 8.47. The van der Waals surface area contributed by atoms with Crippen LogP contribution in [-0.2, 0) is 4.74 Å². The van der Waals surface area contributed by atoms with Crippen molar-refractivity contribution >= 4 is 0 Å². The second-order valence-electron chi connectivity index (χ2n) is 4.52. The van der Waals surface area contributed by atoms with E-state index in [4.69, 9.17) is 4.74 Å². The Morgan fingerprint density at radius 1 is 1.22 bits per heavy atom. The van der Waals surface area contributed by atoms with Crippen molar-refractivity contribution in [1.29, 1.82) is 0 Å². The molecule has 0 spiro atoms. The van der Waals surface area contributed by atoms with Gasteiger partial charge in [-0.05, 0) is 45.4 Å². The zero-order valence-corrected chi connectivity index (χ0v) is 11.4. The van der Waals surface area contributed by atoms with Gasteiger partial charge in [0.25, 0.3) is 0 Å². The Labute approximate surface area is 107 Å². The van der Waals surface area contributed by atoms with Crippen LogP contribution in [0.3, 0.4) is 0 Å². The van der Waals surface area contributed by atoms with E-state index in [-0.39, 0.29) is 23.8 Å². The number of ether oxygens (including phenoxy) is 1. The first-order valence-electron chi connectivity index (χ1n) is 6.26. The monoisotopic (exact) mass is 257 g/mol. The molecule has 2 unspecified atom stereocenters. The molecule has 1 rings (SSSR count). The first kappa shape index (κ1) is 15.1. The third-order valence-electron chi connectivity index (χ3n) is 2.91. The van der Waals surface area contributed by atoms with Crippen LogP contribution in [0, 0.1) is 18.6 Å². The van der Waals surface area contributed by atoms with E-state index in [2.05, 4.69) is 5.32 Å². The van der Waals surface area contributed by atoms with Crippen LogP contribution in [0.25, 0.3) is 0 Å². The summed E-state index contributed by atoms with van der Waals surface area (Å²) in [5.74, 6) is -0.754. The van der Waals surface area contributed by atoms with Crippen LogP contribution in [0.4, 0.5) is 8.78 Å². The zero-order chi connectivity index (χ0) is 13.7. The minimum atomic E-state index is -0.377. The van der Waals surface area contributed by atoms with Crippen LogP contribution in [0.2, 0.25) is 0 Å². The number of halogens is 2. The molecule has 0 bridgehead atoms. The molecule has 18 heavy (non-hydrogen) atoms. The van der Waals surface area contributed by atoms with E-state index in [9.17, 15) is 8.78 Å². The maximum atomic E-state index is 13.7. The Kier molecular flexibility index (Phi) is 5.69. The molecule has 2 atom stereocenters. The molecule has 0 amide bonds. The van der Waals surface area contributed by atoms with Crippen LogP contribution in [-0.4, -0.2) is 19.3 Å². The molecule has 1 aromatic rings. The molecular weight excluding hydrogens is 236 g/mol. The van der Waals surface area contributed by atoms with Crippen LogP contribution in [0.1, 0.15) is 37.9 Å². The fraction of sp³-hybridized carbons (Fsp3) is 0.571. The van der Waals surface area contributed by atoms with Crippen molar-refractivity contribution in [3.63, 3.8) is 0 Å². The lowest BCUT2D eigenvalue weighted by Crippen LogP contribution is -2.29. The fourth-order valence-corrected chi connectivity index (χ4v) is 1.79. The molecule has 0 saturated carbocycles. The standard InChI is InChI=1S/C14H21F2NO/c1-5-18-10(3)8-17-11(4)12-7-13(15)9(2)6-14(12)16/h6-7,10-11,17H,5,8H2,1-4H3. The van der Waals surface area contributed by atoms with Crippen molar-refractivity contribution in [2.45, 2.75) is 39.8 Å². The minimum absolute atomic E-state index is 0.0517. The molecule has 1 aromatic carbocycles. The van der Waals surface area contributed by atoms with Crippen molar-refractivity contribution in [1.82, 2.24) is 5.32 Å². The first-order chi connectivity index (χ1) is 8.45. The summed E-state index contributed by atoms with van der Waals surface area (Å²) >= 11 is 0. The van der Waals surface area contributed by atoms with Gasteiger partial charge < -0.3 is 10.1 Å². The molecule has 4 heteroatoms. The van der Waals surface area contributed by atoms with Gasteiger partial charge in [0.2, 0.25) is 0 Å². The quantitative estimate of drug-likeness (QED) is 0.844. The van der Waals surface area contributed by atoms with Gasteiger partial charge in [0, 0.05) is 24.8 Å². The summed E-state index contributed by atoms with van der Waals surface area (Å²) in [5, 5.41) is 3.14. The van der Waals surface area contributed by atoms with Crippen LogP contribution in [0.5, 0.6) is 0 Å². The van der Waals surface area contributed by atoms with E-state index in [0.717, 1.165) is 0 Å². The van der Waals surface area contributed by atoms with E-state index in [1.54, 1.807) is 6.92 Å².